The molecule has 2 heteroatoms. The zero-order chi connectivity index (χ0) is 27.5. The van der Waals surface area contributed by atoms with Gasteiger partial charge in [0.1, 0.15) is 5.82 Å². The van der Waals surface area contributed by atoms with E-state index in [-0.39, 0.29) is 0 Å². The first kappa shape index (κ1) is 35.2. The zero-order valence-electron chi connectivity index (χ0n) is 26.8. The van der Waals surface area contributed by atoms with Gasteiger partial charge < -0.3 is 4.57 Å². The summed E-state index contributed by atoms with van der Waals surface area (Å²) >= 11 is 0. The summed E-state index contributed by atoms with van der Waals surface area (Å²) in [5.74, 6) is 1.94. The minimum atomic E-state index is 0.596. The average molecular weight is 531 g/mol. The third kappa shape index (κ3) is 20.2. The highest BCUT2D eigenvalue weighted by Gasteiger charge is 2.13. The van der Waals surface area contributed by atoms with E-state index in [1.807, 2.05) is 0 Å². The molecule has 1 unspecified atom stereocenters. The van der Waals surface area contributed by atoms with E-state index in [2.05, 4.69) is 38.5 Å². The van der Waals surface area contributed by atoms with Gasteiger partial charge in [-0.05, 0) is 19.8 Å². The van der Waals surface area contributed by atoms with Gasteiger partial charge in [-0.2, -0.15) is 0 Å². The molecule has 0 aliphatic carbocycles. The summed E-state index contributed by atoms with van der Waals surface area (Å²) in [6.45, 7) is 10.3. The Morgan fingerprint density at radius 3 is 1.26 bits per heavy atom. The van der Waals surface area contributed by atoms with E-state index in [9.17, 15) is 0 Å². The molecule has 0 N–H and O–H groups in total. The Morgan fingerprint density at radius 2 is 0.868 bits per heavy atom. The third-order valence-corrected chi connectivity index (χ3v) is 8.61. The van der Waals surface area contributed by atoms with Crippen LogP contribution in [0.25, 0.3) is 0 Å². The third-order valence-electron chi connectivity index (χ3n) is 8.61. The molecule has 0 aliphatic rings. The molecule has 224 valence electrons. The molecule has 0 fully saturated rings. The minimum Gasteiger partial charge on any atom is -0.334 e. The highest BCUT2D eigenvalue weighted by atomic mass is 15.1. The lowest BCUT2D eigenvalue weighted by Gasteiger charge is -2.14. The second-order valence-electron chi connectivity index (χ2n) is 12.6. The molecule has 1 rings (SSSR count). The second-order valence-corrected chi connectivity index (χ2v) is 12.6. The van der Waals surface area contributed by atoms with E-state index >= 15 is 0 Å². The number of hydrogen-bond acceptors (Lipinski definition) is 1. The summed E-state index contributed by atoms with van der Waals surface area (Å²) < 4.78 is 2.49. The van der Waals surface area contributed by atoms with Crippen molar-refractivity contribution in [2.24, 2.45) is 0 Å². The van der Waals surface area contributed by atoms with Crippen LogP contribution in [-0.4, -0.2) is 9.55 Å². The van der Waals surface area contributed by atoms with E-state index in [1.54, 1.807) is 0 Å². The number of nitrogens with zero attached hydrogens (tertiary/aromatic N) is 2. The van der Waals surface area contributed by atoms with Crippen molar-refractivity contribution in [3.63, 3.8) is 0 Å². The van der Waals surface area contributed by atoms with Gasteiger partial charge in [-0.15, -0.1) is 0 Å². The molecule has 0 saturated carbocycles. The van der Waals surface area contributed by atoms with Crippen LogP contribution in [0.4, 0.5) is 0 Å². The zero-order valence-corrected chi connectivity index (χ0v) is 26.8. The Labute approximate surface area is 240 Å². The van der Waals surface area contributed by atoms with Gasteiger partial charge in [-0.3, -0.25) is 0 Å². The van der Waals surface area contributed by atoms with E-state index < -0.39 is 0 Å². The standard InChI is InChI=1S/C36H70N2/c1-5-7-9-11-13-15-17-19-20-21-23-25-27-29-31-34(3)36-37-35(4)33-38(36)32-30-28-26-24-22-18-16-14-12-10-8-6-2/h33-34H,5-32H2,1-4H3. The van der Waals surface area contributed by atoms with Crippen LogP contribution < -0.4 is 0 Å². The summed E-state index contributed by atoms with van der Waals surface area (Å²) in [7, 11) is 0. The Morgan fingerprint density at radius 1 is 0.526 bits per heavy atom. The molecule has 1 heterocycles. The SMILES string of the molecule is CCCCCCCCCCCCCCCCC(C)c1nc(C)cn1CCCCCCCCCCCCCC. The topological polar surface area (TPSA) is 17.8 Å². The number of unbranched alkanes of at least 4 members (excludes halogenated alkanes) is 24. The fourth-order valence-corrected chi connectivity index (χ4v) is 6.04. The van der Waals surface area contributed by atoms with Crippen LogP contribution in [0.3, 0.4) is 0 Å². The van der Waals surface area contributed by atoms with Crippen LogP contribution >= 0.6 is 0 Å². The number of aromatic nitrogens is 2. The maximum atomic E-state index is 4.93. The fourth-order valence-electron chi connectivity index (χ4n) is 6.04. The highest BCUT2D eigenvalue weighted by Crippen LogP contribution is 2.23. The molecule has 0 saturated heterocycles. The molecule has 0 aliphatic heterocycles. The molecule has 0 aromatic carbocycles. The quantitative estimate of drug-likeness (QED) is 0.0941. The van der Waals surface area contributed by atoms with Crippen LogP contribution in [0.15, 0.2) is 6.20 Å². The number of imidazole rings is 1. The van der Waals surface area contributed by atoms with Gasteiger partial charge in [0.25, 0.3) is 0 Å². The van der Waals surface area contributed by atoms with E-state index in [0.29, 0.717) is 5.92 Å². The van der Waals surface area contributed by atoms with Gasteiger partial charge in [-0.1, -0.05) is 181 Å². The molecule has 1 aromatic rings. The van der Waals surface area contributed by atoms with Crippen LogP contribution in [0, 0.1) is 6.92 Å². The lowest BCUT2D eigenvalue weighted by atomic mass is 10.0. The molecule has 0 amide bonds. The van der Waals surface area contributed by atoms with Gasteiger partial charge in [0.2, 0.25) is 0 Å². The van der Waals surface area contributed by atoms with Crippen LogP contribution in [-0.2, 0) is 6.54 Å². The van der Waals surface area contributed by atoms with Crippen molar-refractivity contribution in [3.8, 4) is 0 Å². The van der Waals surface area contributed by atoms with Crippen molar-refractivity contribution in [2.75, 3.05) is 0 Å². The monoisotopic (exact) mass is 531 g/mol. The van der Waals surface area contributed by atoms with Gasteiger partial charge in [0, 0.05) is 18.7 Å². The Kier molecular flexibility index (Phi) is 24.5. The van der Waals surface area contributed by atoms with Gasteiger partial charge >= 0.3 is 0 Å². The summed E-state index contributed by atoms with van der Waals surface area (Å²) in [6.07, 6.45) is 40.8. The molecule has 1 atom stereocenters. The smallest absolute Gasteiger partial charge is 0.111 e. The molecule has 1 aromatic heterocycles. The van der Waals surface area contributed by atoms with Gasteiger partial charge in [-0.25, -0.2) is 4.98 Å². The van der Waals surface area contributed by atoms with Gasteiger partial charge in [0.15, 0.2) is 0 Å². The van der Waals surface area contributed by atoms with E-state index in [4.69, 9.17) is 4.98 Å². The Bertz CT molecular complexity index is 604. The summed E-state index contributed by atoms with van der Waals surface area (Å²) in [4.78, 5) is 4.93. The molecule has 0 spiro atoms. The van der Waals surface area contributed by atoms with Crippen molar-refractivity contribution >= 4 is 0 Å². The molecule has 2 nitrogen and oxygen atoms in total. The van der Waals surface area contributed by atoms with Crippen LogP contribution in [0.1, 0.15) is 212 Å². The van der Waals surface area contributed by atoms with Crippen molar-refractivity contribution in [2.45, 2.75) is 214 Å². The summed E-state index contributed by atoms with van der Waals surface area (Å²) in [6, 6.07) is 0. The van der Waals surface area contributed by atoms with E-state index in [0.717, 1.165) is 6.54 Å². The lowest BCUT2D eigenvalue weighted by Crippen LogP contribution is -2.07. The van der Waals surface area contributed by atoms with Crippen LogP contribution in [0.5, 0.6) is 0 Å². The molecule has 0 bridgehead atoms. The lowest BCUT2D eigenvalue weighted by molar-refractivity contribution is 0.495. The maximum Gasteiger partial charge on any atom is 0.111 e. The molecule has 38 heavy (non-hydrogen) atoms. The first-order valence-corrected chi connectivity index (χ1v) is 17.7. The first-order chi connectivity index (χ1) is 18.7. The van der Waals surface area contributed by atoms with Crippen molar-refractivity contribution in [3.05, 3.63) is 17.7 Å². The normalized spacial score (nSPS) is 12.4. The van der Waals surface area contributed by atoms with Crippen molar-refractivity contribution in [1.29, 1.82) is 0 Å². The maximum absolute atomic E-state index is 4.93. The minimum absolute atomic E-state index is 0.596. The predicted octanol–water partition coefficient (Wildman–Crippen LogP) is 12.9. The highest BCUT2D eigenvalue weighted by molar-refractivity contribution is 5.06. The fraction of sp³-hybridized carbons (Fsp3) is 0.917. The molecular weight excluding hydrogens is 460 g/mol. The van der Waals surface area contributed by atoms with Gasteiger partial charge in [0.05, 0.1) is 5.69 Å². The average Bonchev–Trinajstić information content (AvgIpc) is 3.29. The second kappa shape index (κ2) is 26.4. The molecular formula is C36H70N2. The van der Waals surface area contributed by atoms with Crippen LogP contribution in [0.2, 0.25) is 0 Å². The number of hydrogen-bond donors (Lipinski definition) is 0. The van der Waals surface area contributed by atoms with Crippen molar-refractivity contribution in [1.82, 2.24) is 9.55 Å². The van der Waals surface area contributed by atoms with E-state index in [1.165, 1.54) is 185 Å². The predicted molar refractivity (Wildman–Crippen MR) is 171 cm³/mol. The Hall–Kier alpha value is -0.790. The summed E-state index contributed by atoms with van der Waals surface area (Å²) in [5.41, 5.74) is 1.20. The summed E-state index contributed by atoms with van der Waals surface area (Å²) in [5, 5.41) is 0. The number of aryl methyl sites for hydroxylation is 2. The molecule has 0 radical (unpaired) electrons. The first-order valence-electron chi connectivity index (χ1n) is 17.7. The Balaban J connectivity index is 2.01. The van der Waals surface area contributed by atoms with Crippen molar-refractivity contribution < 1.29 is 0 Å². The number of rotatable bonds is 29. The largest absolute Gasteiger partial charge is 0.334 e.